The lowest BCUT2D eigenvalue weighted by Crippen LogP contribution is -1.94. The minimum Gasteiger partial charge on any atom is -0.298 e. The molecule has 13 heavy (non-hydrogen) atoms. The zero-order chi connectivity index (χ0) is 10.0. The molecule has 0 saturated carbocycles. The molecular formula is C8H6ClNO3. The number of rotatable bonds is 2. The summed E-state index contributed by atoms with van der Waals surface area (Å²) in [6.07, 6.45) is 0.616. The smallest absolute Gasteiger partial charge is 0.288 e. The van der Waals surface area contributed by atoms with Crippen molar-refractivity contribution in [2.24, 2.45) is 0 Å². The molecule has 1 rings (SSSR count). The molecule has 0 fully saturated rings. The molecule has 0 bridgehead atoms. The highest BCUT2D eigenvalue weighted by molar-refractivity contribution is 6.33. The first-order chi connectivity index (χ1) is 6.07. The van der Waals surface area contributed by atoms with Gasteiger partial charge in [-0.3, -0.25) is 14.9 Å². The Bertz CT molecular complexity index is 376. The van der Waals surface area contributed by atoms with E-state index < -0.39 is 4.92 Å². The maximum Gasteiger partial charge on any atom is 0.288 e. The second kappa shape index (κ2) is 3.53. The highest BCUT2D eigenvalue weighted by atomic mass is 35.5. The van der Waals surface area contributed by atoms with Crippen molar-refractivity contribution in [1.82, 2.24) is 0 Å². The number of aldehydes is 1. The van der Waals surface area contributed by atoms with E-state index in [4.69, 9.17) is 11.6 Å². The van der Waals surface area contributed by atoms with Crippen LogP contribution in [0, 0.1) is 17.0 Å². The Hall–Kier alpha value is -1.42. The lowest BCUT2D eigenvalue weighted by Gasteiger charge is -2.01. The second-order valence-electron chi connectivity index (χ2n) is 2.49. The summed E-state index contributed by atoms with van der Waals surface area (Å²) in [7, 11) is 0. The molecule has 68 valence electrons. The van der Waals surface area contributed by atoms with Crippen LogP contribution in [0.3, 0.4) is 0 Å². The Morgan fingerprint density at radius 2 is 2.15 bits per heavy atom. The monoisotopic (exact) mass is 199 g/mol. The van der Waals surface area contributed by atoms with Crippen LogP contribution < -0.4 is 0 Å². The van der Waals surface area contributed by atoms with Crippen LogP contribution in [0.2, 0.25) is 5.02 Å². The SMILES string of the molecule is Cc1c(C=O)ccc([N+](=O)[O-])c1Cl. The van der Waals surface area contributed by atoms with Gasteiger partial charge in [0.1, 0.15) is 11.3 Å². The van der Waals surface area contributed by atoms with Crippen molar-refractivity contribution in [3.05, 3.63) is 38.4 Å². The summed E-state index contributed by atoms with van der Waals surface area (Å²) in [6, 6.07) is 2.60. The number of nitro benzene ring substituents is 1. The molecule has 0 saturated heterocycles. The first-order valence-electron chi connectivity index (χ1n) is 3.46. The highest BCUT2D eigenvalue weighted by Crippen LogP contribution is 2.28. The van der Waals surface area contributed by atoms with Crippen molar-refractivity contribution >= 4 is 23.6 Å². The summed E-state index contributed by atoms with van der Waals surface area (Å²) >= 11 is 5.67. The molecule has 1 aromatic rings. The van der Waals surface area contributed by atoms with Crippen molar-refractivity contribution in [3.63, 3.8) is 0 Å². The van der Waals surface area contributed by atoms with Gasteiger partial charge in [-0.15, -0.1) is 0 Å². The quantitative estimate of drug-likeness (QED) is 0.417. The van der Waals surface area contributed by atoms with Gasteiger partial charge in [0.25, 0.3) is 5.69 Å². The molecule has 5 heteroatoms. The fourth-order valence-electron chi connectivity index (χ4n) is 0.954. The fourth-order valence-corrected chi connectivity index (χ4v) is 1.20. The Morgan fingerprint density at radius 3 is 2.62 bits per heavy atom. The number of benzene rings is 1. The van der Waals surface area contributed by atoms with E-state index in [9.17, 15) is 14.9 Å². The summed E-state index contributed by atoms with van der Waals surface area (Å²) in [5.41, 5.74) is 0.631. The van der Waals surface area contributed by atoms with E-state index in [2.05, 4.69) is 0 Å². The van der Waals surface area contributed by atoms with Gasteiger partial charge in [-0.25, -0.2) is 0 Å². The first-order valence-corrected chi connectivity index (χ1v) is 3.84. The number of hydrogen-bond acceptors (Lipinski definition) is 3. The van der Waals surface area contributed by atoms with Crippen LogP contribution in [0.4, 0.5) is 5.69 Å². The maximum absolute atomic E-state index is 10.4. The molecule has 0 unspecified atom stereocenters. The van der Waals surface area contributed by atoms with Gasteiger partial charge in [0.05, 0.1) is 4.92 Å². The highest BCUT2D eigenvalue weighted by Gasteiger charge is 2.15. The van der Waals surface area contributed by atoms with Crippen LogP contribution in [-0.2, 0) is 0 Å². The van der Waals surface area contributed by atoms with E-state index in [1.54, 1.807) is 6.92 Å². The molecule has 0 aromatic heterocycles. The summed E-state index contributed by atoms with van der Waals surface area (Å²) in [5, 5.41) is 10.4. The van der Waals surface area contributed by atoms with Crippen LogP contribution in [0.15, 0.2) is 12.1 Å². The predicted octanol–water partition coefficient (Wildman–Crippen LogP) is 2.37. The molecule has 0 aliphatic heterocycles. The average Bonchev–Trinajstić information content (AvgIpc) is 2.09. The van der Waals surface area contributed by atoms with Crippen LogP contribution >= 0.6 is 11.6 Å². The Kier molecular flexibility index (Phi) is 2.63. The van der Waals surface area contributed by atoms with E-state index in [1.807, 2.05) is 0 Å². The number of halogens is 1. The van der Waals surface area contributed by atoms with Crippen molar-refractivity contribution in [2.45, 2.75) is 6.92 Å². The van der Waals surface area contributed by atoms with Crippen LogP contribution in [0.1, 0.15) is 15.9 Å². The molecule has 0 radical (unpaired) electrons. The van der Waals surface area contributed by atoms with Crippen molar-refractivity contribution in [1.29, 1.82) is 0 Å². The molecule has 0 aliphatic rings. The third-order valence-electron chi connectivity index (χ3n) is 1.73. The molecule has 0 atom stereocenters. The van der Waals surface area contributed by atoms with Crippen LogP contribution in [0.25, 0.3) is 0 Å². The minimum absolute atomic E-state index is 0.0228. The average molecular weight is 200 g/mol. The molecule has 0 spiro atoms. The number of nitro groups is 1. The standard InChI is InChI=1S/C8H6ClNO3/c1-5-6(4-11)2-3-7(8(5)9)10(12)13/h2-4H,1H3. The minimum atomic E-state index is -0.579. The molecule has 0 aliphatic carbocycles. The van der Waals surface area contributed by atoms with Crippen LogP contribution in [0.5, 0.6) is 0 Å². The number of nitrogens with zero attached hydrogens (tertiary/aromatic N) is 1. The normalized spacial score (nSPS) is 9.69. The van der Waals surface area contributed by atoms with Gasteiger partial charge >= 0.3 is 0 Å². The summed E-state index contributed by atoms with van der Waals surface area (Å²) in [5.74, 6) is 0. The third-order valence-corrected chi connectivity index (χ3v) is 2.21. The number of carbonyl (C=O) groups excluding carboxylic acids is 1. The molecule has 1 aromatic carbocycles. The molecule has 0 N–H and O–H groups in total. The summed E-state index contributed by atoms with van der Waals surface area (Å²) in [4.78, 5) is 20.3. The van der Waals surface area contributed by atoms with Gasteiger partial charge in [0.2, 0.25) is 0 Å². The molecule has 0 heterocycles. The van der Waals surface area contributed by atoms with Crippen LogP contribution in [-0.4, -0.2) is 11.2 Å². The van der Waals surface area contributed by atoms with Gasteiger partial charge in [-0.05, 0) is 18.6 Å². The Morgan fingerprint density at radius 1 is 1.54 bits per heavy atom. The first kappa shape index (κ1) is 9.67. The maximum atomic E-state index is 10.4. The number of hydrogen-bond donors (Lipinski definition) is 0. The molecule has 4 nitrogen and oxygen atoms in total. The van der Waals surface area contributed by atoms with Gasteiger partial charge in [-0.1, -0.05) is 11.6 Å². The lowest BCUT2D eigenvalue weighted by molar-refractivity contribution is -0.384. The lowest BCUT2D eigenvalue weighted by atomic mass is 10.1. The Balaban J connectivity index is 3.39. The predicted molar refractivity (Wildman–Crippen MR) is 48.2 cm³/mol. The van der Waals surface area contributed by atoms with Gasteiger partial charge in [-0.2, -0.15) is 0 Å². The van der Waals surface area contributed by atoms with E-state index in [-0.39, 0.29) is 10.7 Å². The molecule has 0 amide bonds. The van der Waals surface area contributed by atoms with E-state index >= 15 is 0 Å². The second-order valence-corrected chi connectivity index (χ2v) is 2.87. The van der Waals surface area contributed by atoms with E-state index in [1.165, 1.54) is 12.1 Å². The number of carbonyl (C=O) groups is 1. The summed E-state index contributed by atoms with van der Waals surface area (Å²) in [6.45, 7) is 1.57. The van der Waals surface area contributed by atoms with Gasteiger partial charge < -0.3 is 0 Å². The fraction of sp³-hybridized carbons (Fsp3) is 0.125. The zero-order valence-corrected chi connectivity index (χ0v) is 7.54. The summed E-state index contributed by atoms with van der Waals surface area (Å²) < 4.78 is 0. The zero-order valence-electron chi connectivity index (χ0n) is 6.78. The molecular weight excluding hydrogens is 194 g/mol. The topological polar surface area (TPSA) is 60.2 Å². The van der Waals surface area contributed by atoms with Crippen molar-refractivity contribution in [2.75, 3.05) is 0 Å². The van der Waals surface area contributed by atoms with Gasteiger partial charge in [0.15, 0.2) is 0 Å². The van der Waals surface area contributed by atoms with Gasteiger partial charge in [0, 0.05) is 11.6 Å². The van der Waals surface area contributed by atoms with Crippen molar-refractivity contribution in [3.8, 4) is 0 Å². The van der Waals surface area contributed by atoms with E-state index in [0.29, 0.717) is 17.4 Å². The third kappa shape index (κ3) is 1.67. The largest absolute Gasteiger partial charge is 0.298 e. The Labute approximate surface area is 79.3 Å². The van der Waals surface area contributed by atoms with E-state index in [0.717, 1.165) is 0 Å². The van der Waals surface area contributed by atoms with Crippen molar-refractivity contribution < 1.29 is 9.72 Å².